The average molecular weight is 431 g/mol. The fourth-order valence-corrected chi connectivity index (χ4v) is 4.99. The molecule has 30 heavy (non-hydrogen) atoms. The maximum absolute atomic E-state index is 13.0. The first kappa shape index (κ1) is 22.0. The summed E-state index contributed by atoms with van der Waals surface area (Å²) in [5.41, 5.74) is 2.64. The summed E-state index contributed by atoms with van der Waals surface area (Å²) in [6.07, 6.45) is 1.20. The Morgan fingerprint density at radius 1 is 1.10 bits per heavy atom. The summed E-state index contributed by atoms with van der Waals surface area (Å²) in [6.45, 7) is 4.23. The molecule has 2 aromatic rings. The summed E-state index contributed by atoms with van der Waals surface area (Å²) < 4.78 is 32.1. The molecule has 3 rings (SSSR count). The van der Waals surface area contributed by atoms with Crippen LogP contribution in [0.3, 0.4) is 0 Å². The number of aryl methyl sites for hydroxylation is 2. The highest BCUT2D eigenvalue weighted by atomic mass is 32.2. The highest BCUT2D eigenvalue weighted by Gasteiger charge is 2.33. The molecule has 0 spiro atoms. The number of carbonyl (C=O) groups excluding carboxylic acids is 2. The molecule has 160 valence electrons. The minimum atomic E-state index is -3.66. The summed E-state index contributed by atoms with van der Waals surface area (Å²) in [4.78, 5) is 24.9. The smallest absolute Gasteiger partial charge is 0.337 e. The second-order valence-corrected chi connectivity index (χ2v) is 9.46. The van der Waals surface area contributed by atoms with Crippen LogP contribution in [-0.2, 0) is 19.6 Å². The number of hydrogen-bond donors (Lipinski definition) is 1. The Morgan fingerprint density at radius 2 is 1.80 bits per heavy atom. The van der Waals surface area contributed by atoms with E-state index in [1.807, 2.05) is 13.8 Å². The third kappa shape index (κ3) is 4.71. The van der Waals surface area contributed by atoms with Crippen molar-refractivity contribution in [2.75, 3.05) is 25.5 Å². The van der Waals surface area contributed by atoms with Gasteiger partial charge in [-0.15, -0.1) is 0 Å². The molecule has 8 heteroatoms. The predicted octanol–water partition coefficient (Wildman–Crippen LogP) is 3.13. The number of methoxy groups -OCH3 is 1. The molecule has 0 saturated carbocycles. The molecule has 1 aliphatic rings. The summed E-state index contributed by atoms with van der Waals surface area (Å²) in [7, 11) is -2.36. The largest absolute Gasteiger partial charge is 0.465 e. The summed E-state index contributed by atoms with van der Waals surface area (Å²) in [5.74, 6) is -1.22. The van der Waals surface area contributed by atoms with Crippen LogP contribution in [0.1, 0.15) is 34.3 Å². The minimum absolute atomic E-state index is 0.123. The van der Waals surface area contributed by atoms with E-state index in [0.717, 1.165) is 11.1 Å². The molecule has 1 fully saturated rings. The highest BCUT2D eigenvalue weighted by molar-refractivity contribution is 7.89. The van der Waals surface area contributed by atoms with Gasteiger partial charge < -0.3 is 10.1 Å². The third-order valence-corrected chi connectivity index (χ3v) is 7.21. The van der Waals surface area contributed by atoms with Gasteiger partial charge >= 0.3 is 5.97 Å². The normalized spacial score (nSPS) is 17.4. The van der Waals surface area contributed by atoms with Crippen LogP contribution in [0.5, 0.6) is 0 Å². The van der Waals surface area contributed by atoms with Gasteiger partial charge in [0.15, 0.2) is 0 Å². The zero-order valence-electron chi connectivity index (χ0n) is 17.3. The van der Waals surface area contributed by atoms with E-state index >= 15 is 0 Å². The fraction of sp³-hybridized carbons (Fsp3) is 0.364. The van der Waals surface area contributed by atoms with Crippen LogP contribution in [0, 0.1) is 19.8 Å². The van der Waals surface area contributed by atoms with Crippen molar-refractivity contribution in [3.05, 3.63) is 59.2 Å². The van der Waals surface area contributed by atoms with Crippen molar-refractivity contribution in [1.29, 1.82) is 0 Å². The van der Waals surface area contributed by atoms with Gasteiger partial charge in [0.1, 0.15) is 0 Å². The van der Waals surface area contributed by atoms with E-state index in [4.69, 9.17) is 4.74 Å². The Hall–Kier alpha value is -2.71. The molecule has 0 aromatic heterocycles. The van der Waals surface area contributed by atoms with E-state index in [-0.39, 0.29) is 17.3 Å². The van der Waals surface area contributed by atoms with Crippen LogP contribution in [0.2, 0.25) is 0 Å². The zero-order chi connectivity index (χ0) is 21.9. The standard InChI is InChI=1S/C22H26N2O5S/c1-15-6-10-19(11-7-15)30(27,28)24-12-4-5-18(14-24)21(25)23-20-13-17(22(26)29-3)9-8-16(20)2/h6-11,13,18H,4-5,12,14H2,1-3H3,(H,23,25)/t18-/m1/s1. The number of piperidine rings is 1. The number of amides is 1. The summed E-state index contributed by atoms with van der Waals surface area (Å²) in [6, 6.07) is 11.6. The van der Waals surface area contributed by atoms with Crippen molar-refractivity contribution in [1.82, 2.24) is 4.31 Å². The molecule has 1 heterocycles. The van der Waals surface area contributed by atoms with Crippen molar-refractivity contribution in [2.24, 2.45) is 5.92 Å². The topological polar surface area (TPSA) is 92.8 Å². The number of esters is 1. The molecule has 1 N–H and O–H groups in total. The van der Waals surface area contributed by atoms with Gasteiger partial charge in [-0.3, -0.25) is 4.79 Å². The minimum Gasteiger partial charge on any atom is -0.465 e. The maximum atomic E-state index is 13.0. The Labute approximate surface area is 177 Å². The molecule has 2 aromatic carbocycles. The monoisotopic (exact) mass is 430 g/mol. The molecule has 0 aliphatic carbocycles. The fourth-order valence-electron chi connectivity index (χ4n) is 3.47. The van der Waals surface area contributed by atoms with Gasteiger partial charge in [-0.2, -0.15) is 4.31 Å². The molecule has 1 saturated heterocycles. The number of ether oxygens (including phenoxy) is 1. The van der Waals surface area contributed by atoms with E-state index < -0.39 is 21.9 Å². The molecule has 1 aliphatic heterocycles. The average Bonchev–Trinajstić information content (AvgIpc) is 2.75. The van der Waals surface area contributed by atoms with Gasteiger partial charge in [0.2, 0.25) is 15.9 Å². The molecule has 0 bridgehead atoms. The number of nitrogens with zero attached hydrogens (tertiary/aromatic N) is 1. The lowest BCUT2D eigenvalue weighted by atomic mass is 9.98. The Balaban J connectivity index is 1.75. The van der Waals surface area contributed by atoms with Crippen molar-refractivity contribution in [3.63, 3.8) is 0 Å². The number of benzene rings is 2. The second kappa shape index (κ2) is 8.97. The van der Waals surface area contributed by atoms with Crippen LogP contribution in [0.4, 0.5) is 5.69 Å². The van der Waals surface area contributed by atoms with E-state index in [1.165, 1.54) is 11.4 Å². The lowest BCUT2D eigenvalue weighted by Crippen LogP contribution is -2.43. The molecular formula is C22H26N2O5S. The lowest BCUT2D eigenvalue weighted by Gasteiger charge is -2.31. The number of sulfonamides is 1. The molecule has 1 atom stereocenters. The van der Waals surface area contributed by atoms with E-state index in [2.05, 4.69) is 5.32 Å². The van der Waals surface area contributed by atoms with E-state index in [9.17, 15) is 18.0 Å². The van der Waals surface area contributed by atoms with Crippen molar-refractivity contribution >= 4 is 27.6 Å². The van der Waals surface area contributed by atoms with Crippen LogP contribution in [0.15, 0.2) is 47.4 Å². The molecule has 0 radical (unpaired) electrons. The number of rotatable bonds is 5. The first-order valence-electron chi connectivity index (χ1n) is 9.79. The van der Waals surface area contributed by atoms with Gasteiger partial charge in [0.05, 0.1) is 23.5 Å². The number of anilines is 1. The number of hydrogen-bond acceptors (Lipinski definition) is 5. The molecule has 7 nitrogen and oxygen atoms in total. The predicted molar refractivity (Wildman–Crippen MR) is 114 cm³/mol. The summed E-state index contributed by atoms with van der Waals surface area (Å²) in [5, 5.41) is 2.85. The van der Waals surface area contributed by atoms with Crippen LogP contribution >= 0.6 is 0 Å². The third-order valence-electron chi connectivity index (χ3n) is 5.33. The number of carbonyl (C=O) groups is 2. The quantitative estimate of drug-likeness (QED) is 0.736. The zero-order valence-corrected chi connectivity index (χ0v) is 18.2. The maximum Gasteiger partial charge on any atom is 0.337 e. The Bertz CT molecular complexity index is 1050. The van der Waals surface area contributed by atoms with Gasteiger partial charge in [0, 0.05) is 18.8 Å². The highest BCUT2D eigenvalue weighted by Crippen LogP contribution is 2.26. The van der Waals surface area contributed by atoms with Crippen molar-refractivity contribution in [3.8, 4) is 0 Å². The van der Waals surface area contributed by atoms with E-state index in [0.29, 0.717) is 30.6 Å². The van der Waals surface area contributed by atoms with Crippen LogP contribution in [0.25, 0.3) is 0 Å². The molecule has 1 amide bonds. The molecule has 0 unspecified atom stereocenters. The second-order valence-electron chi connectivity index (χ2n) is 7.53. The van der Waals surface area contributed by atoms with E-state index in [1.54, 1.807) is 42.5 Å². The lowest BCUT2D eigenvalue weighted by molar-refractivity contribution is -0.120. The molecular weight excluding hydrogens is 404 g/mol. The SMILES string of the molecule is COC(=O)c1ccc(C)c(NC(=O)[C@@H]2CCCN(S(=O)(=O)c3ccc(C)cc3)C2)c1. The first-order chi connectivity index (χ1) is 14.2. The Kier molecular flexibility index (Phi) is 6.58. The first-order valence-corrected chi connectivity index (χ1v) is 11.2. The Morgan fingerprint density at radius 3 is 2.47 bits per heavy atom. The van der Waals surface area contributed by atoms with Crippen LogP contribution in [-0.4, -0.2) is 44.8 Å². The van der Waals surface area contributed by atoms with Gasteiger partial charge in [-0.1, -0.05) is 23.8 Å². The van der Waals surface area contributed by atoms with Crippen LogP contribution < -0.4 is 5.32 Å². The summed E-state index contributed by atoms with van der Waals surface area (Å²) >= 11 is 0. The van der Waals surface area contributed by atoms with Crippen molar-refractivity contribution < 1.29 is 22.7 Å². The van der Waals surface area contributed by atoms with Gasteiger partial charge in [0.25, 0.3) is 0 Å². The van der Waals surface area contributed by atoms with Gasteiger partial charge in [-0.05, 0) is 56.5 Å². The van der Waals surface area contributed by atoms with Gasteiger partial charge in [-0.25, -0.2) is 13.2 Å². The number of nitrogens with one attached hydrogen (secondary N) is 1. The van der Waals surface area contributed by atoms with Crippen molar-refractivity contribution in [2.45, 2.75) is 31.6 Å².